The molecule has 2 fully saturated rings. The van der Waals surface area contributed by atoms with Gasteiger partial charge in [0, 0.05) is 25.1 Å². The zero-order valence-corrected chi connectivity index (χ0v) is 12.2. The van der Waals surface area contributed by atoms with Crippen molar-refractivity contribution < 1.29 is 9.90 Å². The first-order chi connectivity index (χ1) is 8.34. The Kier molecular flexibility index (Phi) is 3.48. The van der Waals surface area contributed by atoms with E-state index in [4.69, 9.17) is 5.11 Å². The molecule has 0 aromatic heterocycles. The van der Waals surface area contributed by atoms with Crippen molar-refractivity contribution in [2.75, 3.05) is 13.2 Å². The van der Waals surface area contributed by atoms with Crippen LogP contribution in [0.2, 0.25) is 0 Å². The fourth-order valence-electron chi connectivity index (χ4n) is 3.73. The molecule has 1 amide bonds. The van der Waals surface area contributed by atoms with Gasteiger partial charge in [0.1, 0.15) is 0 Å². The lowest BCUT2D eigenvalue weighted by Gasteiger charge is -2.25. The molecule has 2 rings (SSSR count). The van der Waals surface area contributed by atoms with Crippen LogP contribution in [0.25, 0.3) is 0 Å². The quantitative estimate of drug-likeness (QED) is 0.836. The maximum absolute atomic E-state index is 12.7. The van der Waals surface area contributed by atoms with Crippen molar-refractivity contribution >= 4 is 5.91 Å². The molecular weight excluding hydrogens is 226 g/mol. The second-order valence-electron chi connectivity index (χ2n) is 7.07. The molecule has 3 nitrogen and oxygen atoms in total. The van der Waals surface area contributed by atoms with Crippen LogP contribution in [0.1, 0.15) is 53.4 Å². The molecule has 18 heavy (non-hydrogen) atoms. The van der Waals surface area contributed by atoms with Crippen molar-refractivity contribution in [2.45, 2.75) is 59.4 Å². The average Bonchev–Trinajstić information content (AvgIpc) is 2.68. The predicted octanol–water partition coefficient (Wildman–Crippen LogP) is 2.43. The van der Waals surface area contributed by atoms with Gasteiger partial charge in [0.2, 0.25) is 5.91 Å². The van der Waals surface area contributed by atoms with Crippen LogP contribution in [0.5, 0.6) is 0 Å². The van der Waals surface area contributed by atoms with Crippen molar-refractivity contribution in [2.24, 2.45) is 16.7 Å². The highest BCUT2D eigenvalue weighted by atomic mass is 16.3. The molecule has 1 aliphatic carbocycles. The summed E-state index contributed by atoms with van der Waals surface area (Å²) in [4.78, 5) is 14.8. The van der Waals surface area contributed by atoms with E-state index in [-0.39, 0.29) is 23.4 Å². The lowest BCUT2D eigenvalue weighted by molar-refractivity contribution is -0.134. The SMILES string of the molecule is CC1(C)C(C(=O)N2CCCC2CCCO)C1(C)C. The molecular formula is C15H27NO2. The van der Waals surface area contributed by atoms with Crippen molar-refractivity contribution in [1.82, 2.24) is 4.90 Å². The Labute approximate surface area is 111 Å². The molecule has 1 saturated carbocycles. The van der Waals surface area contributed by atoms with Crippen LogP contribution in [-0.4, -0.2) is 35.1 Å². The van der Waals surface area contributed by atoms with E-state index in [9.17, 15) is 4.79 Å². The van der Waals surface area contributed by atoms with Crippen molar-refractivity contribution in [3.63, 3.8) is 0 Å². The van der Waals surface area contributed by atoms with Gasteiger partial charge in [-0.15, -0.1) is 0 Å². The van der Waals surface area contributed by atoms with E-state index in [1.54, 1.807) is 0 Å². The zero-order chi connectivity index (χ0) is 13.6. The first kappa shape index (κ1) is 13.9. The Hall–Kier alpha value is -0.570. The number of aliphatic hydroxyl groups excluding tert-OH is 1. The predicted molar refractivity (Wildman–Crippen MR) is 72.1 cm³/mol. The summed E-state index contributed by atoms with van der Waals surface area (Å²) in [5, 5.41) is 8.94. The van der Waals surface area contributed by atoms with Gasteiger partial charge in [-0.05, 0) is 36.5 Å². The highest BCUT2D eigenvalue weighted by Crippen LogP contribution is 2.69. The van der Waals surface area contributed by atoms with Gasteiger partial charge in [-0.3, -0.25) is 4.79 Å². The fourth-order valence-corrected chi connectivity index (χ4v) is 3.73. The Morgan fingerprint density at radius 1 is 1.28 bits per heavy atom. The first-order valence-corrected chi connectivity index (χ1v) is 7.25. The highest BCUT2D eigenvalue weighted by molar-refractivity contribution is 5.84. The van der Waals surface area contributed by atoms with Crippen LogP contribution in [0, 0.1) is 16.7 Å². The van der Waals surface area contributed by atoms with Gasteiger partial charge in [0.05, 0.1) is 0 Å². The molecule has 2 aliphatic rings. The van der Waals surface area contributed by atoms with Gasteiger partial charge in [-0.1, -0.05) is 27.7 Å². The summed E-state index contributed by atoms with van der Waals surface area (Å²) in [5.41, 5.74) is 0.266. The third-order valence-electron chi connectivity index (χ3n) is 5.62. The number of amides is 1. The van der Waals surface area contributed by atoms with Crippen molar-refractivity contribution in [1.29, 1.82) is 0 Å². The molecule has 3 heteroatoms. The van der Waals surface area contributed by atoms with Crippen LogP contribution in [0.4, 0.5) is 0 Å². The standard InChI is InChI=1S/C15H27NO2/c1-14(2)12(15(14,3)4)13(18)16-9-5-7-11(16)8-6-10-17/h11-12,17H,5-10H2,1-4H3. The summed E-state index contributed by atoms with van der Waals surface area (Å²) in [6.45, 7) is 9.96. The Balaban J connectivity index is 2.01. The number of hydrogen-bond donors (Lipinski definition) is 1. The molecule has 1 atom stereocenters. The molecule has 104 valence electrons. The number of likely N-dealkylation sites (tertiary alicyclic amines) is 1. The van der Waals surface area contributed by atoms with Gasteiger partial charge >= 0.3 is 0 Å². The van der Waals surface area contributed by atoms with Crippen LogP contribution in [0.3, 0.4) is 0 Å². The normalized spacial score (nSPS) is 29.6. The topological polar surface area (TPSA) is 40.5 Å². The summed E-state index contributed by atoms with van der Waals surface area (Å²) in [6.07, 6.45) is 4.00. The van der Waals surface area contributed by atoms with Crippen LogP contribution < -0.4 is 0 Å². The molecule has 1 aliphatic heterocycles. The van der Waals surface area contributed by atoms with Crippen LogP contribution >= 0.6 is 0 Å². The van der Waals surface area contributed by atoms with Crippen LogP contribution in [0.15, 0.2) is 0 Å². The maximum atomic E-state index is 12.7. The molecule has 1 N–H and O–H groups in total. The van der Waals surface area contributed by atoms with E-state index in [0.717, 1.165) is 32.2 Å². The average molecular weight is 253 g/mol. The molecule has 1 heterocycles. The fraction of sp³-hybridized carbons (Fsp3) is 0.933. The smallest absolute Gasteiger partial charge is 0.227 e. The molecule has 0 aromatic carbocycles. The summed E-state index contributed by atoms with van der Waals surface area (Å²) >= 11 is 0. The number of aliphatic hydroxyl groups is 1. The van der Waals surface area contributed by atoms with Crippen molar-refractivity contribution in [3.8, 4) is 0 Å². The number of hydrogen-bond acceptors (Lipinski definition) is 2. The number of nitrogens with zero attached hydrogens (tertiary/aromatic N) is 1. The summed E-state index contributed by atoms with van der Waals surface area (Å²) < 4.78 is 0. The van der Waals surface area contributed by atoms with Crippen molar-refractivity contribution in [3.05, 3.63) is 0 Å². The minimum atomic E-state index is 0.133. The second-order valence-corrected chi connectivity index (χ2v) is 7.07. The molecule has 0 bridgehead atoms. The summed E-state index contributed by atoms with van der Waals surface area (Å²) in [6, 6.07) is 0.372. The van der Waals surface area contributed by atoms with E-state index in [0.29, 0.717) is 11.9 Å². The van der Waals surface area contributed by atoms with Gasteiger partial charge in [-0.25, -0.2) is 0 Å². The van der Waals surface area contributed by atoms with E-state index < -0.39 is 0 Å². The Bertz CT molecular complexity index is 321. The monoisotopic (exact) mass is 253 g/mol. The van der Waals surface area contributed by atoms with Gasteiger partial charge in [0.25, 0.3) is 0 Å². The van der Waals surface area contributed by atoms with E-state index in [1.807, 2.05) is 0 Å². The Morgan fingerprint density at radius 3 is 2.39 bits per heavy atom. The third kappa shape index (κ3) is 1.97. The summed E-state index contributed by atoms with van der Waals surface area (Å²) in [5.74, 6) is 0.533. The third-order valence-corrected chi connectivity index (χ3v) is 5.62. The number of carbonyl (C=O) groups excluding carboxylic acids is 1. The molecule has 0 radical (unpaired) electrons. The zero-order valence-electron chi connectivity index (χ0n) is 12.2. The van der Waals surface area contributed by atoms with E-state index >= 15 is 0 Å². The van der Waals surface area contributed by atoms with Gasteiger partial charge in [-0.2, -0.15) is 0 Å². The molecule has 0 spiro atoms. The highest BCUT2D eigenvalue weighted by Gasteiger charge is 2.69. The second kappa shape index (κ2) is 4.52. The molecule has 1 unspecified atom stereocenters. The summed E-state index contributed by atoms with van der Waals surface area (Å²) in [7, 11) is 0. The Morgan fingerprint density at radius 2 is 1.89 bits per heavy atom. The van der Waals surface area contributed by atoms with Gasteiger partial charge in [0.15, 0.2) is 0 Å². The first-order valence-electron chi connectivity index (χ1n) is 7.25. The maximum Gasteiger partial charge on any atom is 0.227 e. The van der Waals surface area contributed by atoms with Crippen LogP contribution in [-0.2, 0) is 4.79 Å². The van der Waals surface area contributed by atoms with E-state index in [2.05, 4.69) is 32.6 Å². The van der Waals surface area contributed by atoms with E-state index in [1.165, 1.54) is 0 Å². The molecule has 0 aromatic rings. The molecule has 1 saturated heterocycles. The number of carbonyl (C=O) groups is 1. The largest absolute Gasteiger partial charge is 0.396 e. The lowest BCUT2D eigenvalue weighted by Crippen LogP contribution is -2.38. The minimum Gasteiger partial charge on any atom is -0.396 e. The minimum absolute atomic E-state index is 0.133. The number of rotatable bonds is 4. The van der Waals surface area contributed by atoms with Gasteiger partial charge < -0.3 is 10.0 Å². The lowest BCUT2D eigenvalue weighted by atomic mass is 10.0.